The number of amides is 3. The number of carbonyl (C=O) groups excluding carboxylic acids is 4. The van der Waals surface area contributed by atoms with Crippen LogP contribution in [0.15, 0.2) is 0 Å². The highest BCUT2D eigenvalue weighted by Crippen LogP contribution is 2.46. The lowest BCUT2D eigenvalue weighted by molar-refractivity contribution is -0.171. The smallest absolute Gasteiger partial charge is 0.231 e. The van der Waals surface area contributed by atoms with E-state index >= 15 is 0 Å². The van der Waals surface area contributed by atoms with Crippen LogP contribution in [0.25, 0.3) is 0 Å². The summed E-state index contributed by atoms with van der Waals surface area (Å²) in [5.74, 6) is -0.616. The van der Waals surface area contributed by atoms with Crippen molar-refractivity contribution in [1.29, 1.82) is 0 Å². The maximum Gasteiger partial charge on any atom is 0.231 e. The maximum absolute atomic E-state index is 12.6. The van der Waals surface area contributed by atoms with Crippen LogP contribution in [-0.4, -0.2) is 47.0 Å². The fraction of sp³-hybridized carbons (Fsp3) is 0.750. The summed E-state index contributed by atoms with van der Waals surface area (Å²) in [6.45, 7) is 3.50. The van der Waals surface area contributed by atoms with Gasteiger partial charge in [-0.1, -0.05) is 0 Å². The highest BCUT2D eigenvalue weighted by molar-refractivity contribution is 5.94. The molecule has 1 atom stereocenters. The lowest BCUT2D eigenvalue weighted by Crippen LogP contribution is -2.67. The summed E-state index contributed by atoms with van der Waals surface area (Å²) in [7, 11) is 0. The van der Waals surface area contributed by atoms with Gasteiger partial charge in [-0.25, -0.2) is 0 Å². The van der Waals surface area contributed by atoms with Crippen LogP contribution in [0.4, 0.5) is 0 Å². The third-order valence-electron chi connectivity index (χ3n) is 5.05. The van der Waals surface area contributed by atoms with E-state index in [4.69, 9.17) is 5.73 Å². The summed E-state index contributed by atoms with van der Waals surface area (Å²) in [6, 6.07) is -0.410. The molecule has 1 aliphatic heterocycles. The quantitative estimate of drug-likeness (QED) is 0.676. The van der Waals surface area contributed by atoms with Crippen LogP contribution in [0.2, 0.25) is 0 Å². The highest BCUT2D eigenvalue weighted by atomic mass is 16.2. The first kappa shape index (κ1) is 17.4. The van der Waals surface area contributed by atoms with Crippen LogP contribution in [0.1, 0.15) is 52.4 Å². The van der Waals surface area contributed by atoms with Crippen molar-refractivity contribution < 1.29 is 19.2 Å². The molecule has 128 valence electrons. The second-order valence-corrected chi connectivity index (χ2v) is 6.82. The van der Waals surface area contributed by atoms with Crippen molar-refractivity contribution in [2.45, 2.75) is 64.5 Å². The molecule has 0 aromatic heterocycles. The number of nitrogens with one attached hydrogen (secondary N) is 1. The van der Waals surface area contributed by atoms with Crippen molar-refractivity contribution >= 4 is 23.5 Å². The Hall–Kier alpha value is -1.92. The molecule has 0 aromatic rings. The van der Waals surface area contributed by atoms with Gasteiger partial charge < -0.3 is 16.0 Å². The maximum atomic E-state index is 12.6. The van der Waals surface area contributed by atoms with E-state index in [9.17, 15) is 19.2 Å². The van der Waals surface area contributed by atoms with E-state index in [1.54, 1.807) is 4.90 Å². The fourth-order valence-electron chi connectivity index (χ4n) is 3.76. The van der Waals surface area contributed by atoms with E-state index in [0.29, 0.717) is 13.0 Å². The van der Waals surface area contributed by atoms with Gasteiger partial charge in [-0.05, 0) is 39.0 Å². The minimum absolute atomic E-state index is 0.00319. The Morgan fingerprint density at radius 1 is 1.30 bits per heavy atom. The van der Waals surface area contributed by atoms with Gasteiger partial charge in [-0.2, -0.15) is 0 Å². The molecule has 2 aliphatic rings. The molecule has 0 radical (unpaired) electrons. The van der Waals surface area contributed by atoms with Gasteiger partial charge in [0.2, 0.25) is 17.7 Å². The first-order valence-corrected chi connectivity index (χ1v) is 8.12. The third-order valence-corrected chi connectivity index (χ3v) is 5.05. The summed E-state index contributed by atoms with van der Waals surface area (Å²) in [4.78, 5) is 48.0. The SMILES string of the molecule is CC(=O)NC1CCC2(CC1)CN(C(CCC(N)=O)C(C)=O)C2=O. The first-order valence-electron chi connectivity index (χ1n) is 8.12. The van der Waals surface area contributed by atoms with Gasteiger partial charge in [0.15, 0.2) is 5.78 Å². The van der Waals surface area contributed by atoms with E-state index in [1.165, 1.54) is 13.8 Å². The summed E-state index contributed by atoms with van der Waals surface area (Å²) < 4.78 is 0. The molecule has 0 aromatic carbocycles. The third kappa shape index (κ3) is 3.71. The highest BCUT2D eigenvalue weighted by Gasteiger charge is 2.55. The molecule has 0 bridgehead atoms. The molecule has 7 heteroatoms. The molecule has 3 N–H and O–H groups in total. The summed E-state index contributed by atoms with van der Waals surface area (Å²) in [5.41, 5.74) is 4.76. The predicted octanol–water partition coefficient (Wildman–Crippen LogP) is 0.117. The number of nitrogens with two attached hydrogens (primary N) is 1. The number of ketones is 1. The van der Waals surface area contributed by atoms with Gasteiger partial charge in [0.05, 0.1) is 11.5 Å². The number of primary amides is 1. The van der Waals surface area contributed by atoms with E-state index < -0.39 is 11.9 Å². The minimum atomic E-state index is -0.548. The number of likely N-dealkylation sites (tertiary alicyclic amines) is 1. The number of hydrogen-bond acceptors (Lipinski definition) is 4. The first-order chi connectivity index (χ1) is 10.7. The predicted molar refractivity (Wildman–Crippen MR) is 83.1 cm³/mol. The second-order valence-electron chi connectivity index (χ2n) is 6.82. The van der Waals surface area contributed by atoms with Crippen molar-refractivity contribution in [2.24, 2.45) is 11.1 Å². The number of Topliss-reactive ketones (excluding diaryl/α,β-unsaturated/α-hetero) is 1. The normalized spacial score (nSPS) is 28.2. The topological polar surface area (TPSA) is 110 Å². The van der Waals surface area contributed by atoms with Crippen LogP contribution in [0, 0.1) is 5.41 Å². The van der Waals surface area contributed by atoms with Gasteiger partial charge in [0, 0.05) is 25.9 Å². The van der Waals surface area contributed by atoms with Crippen molar-refractivity contribution in [3.8, 4) is 0 Å². The fourth-order valence-corrected chi connectivity index (χ4v) is 3.76. The molecule has 1 saturated carbocycles. The van der Waals surface area contributed by atoms with Gasteiger partial charge in [-0.3, -0.25) is 19.2 Å². The zero-order valence-electron chi connectivity index (χ0n) is 13.8. The van der Waals surface area contributed by atoms with E-state index in [0.717, 1.165) is 25.7 Å². The molecule has 1 unspecified atom stereocenters. The molecule has 23 heavy (non-hydrogen) atoms. The molecule has 1 heterocycles. The Labute approximate surface area is 135 Å². The molecule has 1 saturated heterocycles. The van der Waals surface area contributed by atoms with Gasteiger partial charge in [0.1, 0.15) is 0 Å². The van der Waals surface area contributed by atoms with Crippen molar-refractivity contribution in [3.05, 3.63) is 0 Å². The Morgan fingerprint density at radius 3 is 2.35 bits per heavy atom. The number of rotatable bonds is 6. The molecular formula is C16H25N3O4. The lowest BCUT2D eigenvalue weighted by atomic mass is 9.66. The Kier molecular flexibility index (Phi) is 5.06. The standard InChI is InChI=1S/C16H25N3O4/c1-10(20)13(3-4-14(17)22)19-9-16(15(19)23)7-5-12(6-8-16)18-11(2)21/h12-13H,3-9H2,1-2H3,(H2,17,22)(H,18,21). The van der Waals surface area contributed by atoms with Crippen LogP contribution < -0.4 is 11.1 Å². The number of hydrogen-bond donors (Lipinski definition) is 2. The van der Waals surface area contributed by atoms with E-state index in [1.807, 2.05) is 0 Å². The molecule has 7 nitrogen and oxygen atoms in total. The van der Waals surface area contributed by atoms with Crippen LogP contribution in [0.3, 0.4) is 0 Å². The van der Waals surface area contributed by atoms with E-state index in [2.05, 4.69) is 5.32 Å². The molecule has 3 amide bonds. The number of carbonyl (C=O) groups is 4. The number of nitrogens with zero attached hydrogens (tertiary/aromatic N) is 1. The van der Waals surface area contributed by atoms with E-state index in [-0.39, 0.29) is 35.5 Å². The zero-order valence-corrected chi connectivity index (χ0v) is 13.8. The van der Waals surface area contributed by atoms with Crippen molar-refractivity contribution in [1.82, 2.24) is 10.2 Å². The van der Waals surface area contributed by atoms with Crippen LogP contribution in [-0.2, 0) is 19.2 Å². The summed E-state index contributed by atoms with van der Waals surface area (Å²) >= 11 is 0. The van der Waals surface area contributed by atoms with Gasteiger partial charge in [-0.15, -0.1) is 0 Å². The molecule has 2 rings (SSSR count). The van der Waals surface area contributed by atoms with Crippen LogP contribution >= 0.6 is 0 Å². The average molecular weight is 323 g/mol. The average Bonchev–Trinajstić information content (AvgIpc) is 2.46. The lowest BCUT2D eigenvalue weighted by Gasteiger charge is -2.54. The Bertz CT molecular complexity index is 523. The van der Waals surface area contributed by atoms with Crippen molar-refractivity contribution in [3.63, 3.8) is 0 Å². The van der Waals surface area contributed by atoms with Gasteiger partial charge >= 0.3 is 0 Å². The largest absolute Gasteiger partial charge is 0.370 e. The summed E-state index contributed by atoms with van der Waals surface area (Å²) in [5, 5.41) is 2.90. The minimum Gasteiger partial charge on any atom is -0.370 e. The molecule has 2 fully saturated rings. The van der Waals surface area contributed by atoms with Gasteiger partial charge in [0.25, 0.3) is 0 Å². The monoisotopic (exact) mass is 323 g/mol. The number of β-lactam (4-membered cyclic amide) rings is 1. The molecular weight excluding hydrogens is 298 g/mol. The Balaban J connectivity index is 1.93. The second kappa shape index (κ2) is 6.68. The van der Waals surface area contributed by atoms with Crippen LogP contribution in [0.5, 0.6) is 0 Å². The van der Waals surface area contributed by atoms with Crippen molar-refractivity contribution in [2.75, 3.05) is 6.54 Å². The summed E-state index contributed by atoms with van der Waals surface area (Å²) in [6.07, 6.45) is 3.42. The zero-order chi connectivity index (χ0) is 17.2. The molecule has 1 spiro atoms. The molecule has 1 aliphatic carbocycles. The Morgan fingerprint density at radius 2 is 1.91 bits per heavy atom.